The zero-order valence-corrected chi connectivity index (χ0v) is 13.5. The van der Waals surface area contributed by atoms with Gasteiger partial charge in [0.25, 0.3) is 0 Å². The Balaban J connectivity index is 1.62. The summed E-state index contributed by atoms with van der Waals surface area (Å²) in [5, 5.41) is 0. The molecule has 4 rings (SSSR count). The van der Waals surface area contributed by atoms with Gasteiger partial charge in [-0.15, -0.1) is 0 Å². The van der Waals surface area contributed by atoms with Gasteiger partial charge >= 0.3 is 5.69 Å². The summed E-state index contributed by atoms with van der Waals surface area (Å²) < 4.78 is 34.3. The molecule has 2 aromatic carbocycles. The van der Waals surface area contributed by atoms with Crippen LogP contribution in [0, 0.1) is 11.6 Å². The molecule has 2 heterocycles. The van der Waals surface area contributed by atoms with Crippen LogP contribution in [0.3, 0.4) is 0 Å². The number of nitrogens with zero attached hydrogens (tertiary/aromatic N) is 3. The minimum atomic E-state index is -0.370. The third kappa shape index (κ3) is 3.06. The minimum Gasteiger partial charge on any atom is -0.487 e. The van der Waals surface area contributed by atoms with Gasteiger partial charge in [-0.2, -0.15) is 0 Å². The molecule has 0 aliphatic rings. The van der Waals surface area contributed by atoms with Crippen LogP contribution in [0.2, 0.25) is 0 Å². The predicted molar refractivity (Wildman–Crippen MR) is 91.5 cm³/mol. The van der Waals surface area contributed by atoms with Crippen molar-refractivity contribution in [1.82, 2.24) is 14.0 Å². The average molecular weight is 353 g/mol. The van der Waals surface area contributed by atoms with Gasteiger partial charge in [-0.1, -0.05) is 0 Å². The van der Waals surface area contributed by atoms with Crippen LogP contribution < -0.4 is 10.4 Å². The predicted octanol–water partition coefficient (Wildman–Crippen LogP) is 3.34. The maximum atomic E-state index is 13.1. The summed E-state index contributed by atoms with van der Waals surface area (Å²) >= 11 is 0. The third-order valence-corrected chi connectivity index (χ3v) is 3.87. The Hall–Kier alpha value is -3.48. The first kappa shape index (κ1) is 16.0. The van der Waals surface area contributed by atoms with Crippen molar-refractivity contribution in [2.45, 2.75) is 6.61 Å². The molecule has 7 heteroatoms. The second-order valence-electron chi connectivity index (χ2n) is 5.65. The van der Waals surface area contributed by atoms with Gasteiger partial charge < -0.3 is 4.74 Å². The number of aromatic nitrogens is 3. The topological polar surface area (TPSA) is 48.5 Å². The van der Waals surface area contributed by atoms with E-state index >= 15 is 0 Å². The second kappa shape index (κ2) is 6.44. The lowest BCUT2D eigenvalue weighted by atomic mass is 10.3. The van der Waals surface area contributed by atoms with E-state index in [1.807, 2.05) is 0 Å². The first-order valence-electron chi connectivity index (χ1n) is 7.84. The maximum absolute atomic E-state index is 13.1. The van der Waals surface area contributed by atoms with Crippen molar-refractivity contribution in [2.75, 3.05) is 0 Å². The molecule has 0 aliphatic carbocycles. The van der Waals surface area contributed by atoms with E-state index in [1.54, 1.807) is 18.5 Å². The lowest BCUT2D eigenvalue weighted by Crippen LogP contribution is -2.24. The van der Waals surface area contributed by atoms with Crippen LogP contribution in [0.5, 0.6) is 5.75 Å². The molecule has 130 valence electrons. The van der Waals surface area contributed by atoms with Gasteiger partial charge in [-0.25, -0.2) is 18.6 Å². The molecule has 0 radical (unpaired) electrons. The number of hydrogen-bond acceptors (Lipinski definition) is 3. The molecule has 5 nitrogen and oxygen atoms in total. The van der Waals surface area contributed by atoms with Gasteiger partial charge in [-0.05, 0) is 54.6 Å². The molecule has 0 N–H and O–H groups in total. The quantitative estimate of drug-likeness (QED) is 0.565. The third-order valence-electron chi connectivity index (χ3n) is 3.87. The van der Waals surface area contributed by atoms with Crippen molar-refractivity contribution < 1.29 is 13.5 Å². The first-order chi connectivity index (χ1) is 12.6. The molecule has 0 saturated heterocycles. The van der Waals surface area contributed by atoms with E-state index in [2.05, 4.69) is 4.98 Å². The summed E-state index contributed by atoms with van der Waals surface area (Å²) in [7, 11) is 0. The van der Waals surface area contributed by atoms with Crippen LogP contribution >= 0.6 is 0 Å². The van der Waals surface area contributed by atoms with Gasteiger partial charge in [0.05, 0.1) is 11.4 Å². The Morgan fingerprint density at radius 3 is 2.27 bits per heavy atom. The Morgan fingerprint density at radius 1 is 0.923 bits per heavy atom. The molecule has 0 atom stereocenters. The Labute approximate surface area is 146 Å². The van der Waals surface area contributed by atoms with Crippen molar-refractivity contribution in [3.63, 3.8) is 0 Å². The SMILES string of the molecule is O=c1n(-c2ccc(F)cc2)ccc2nc(COc3ccc(F)cc3)cn12. The van der Waals surface area contributed by atoms with Crippen molar-refractivity contribution in [3.05, 3.63) is 94.8 Å². The van der Waals surface area contributed by atoms with Crippen molar-refractivity contribution >= 4 is 5.65 Å². The number of halogens is 2. The molecule has 0 aliphatic heterocycles. The smallest absolute Gasteiger partial charge is 0.338 e. The molecule has 26 heavy (non-hydrogen) atoms. The molecule has 0 bridgehead atoms. The van der Waals surface area contributed by atoms with E-state index in [1.165, 1.54) is 57.5 Å². The molecule has 0 saturated carbocycles. The van der Waals surface area contributed by atoms with Crippen LogP contribution in [0.4, 0.5) is 8.78 Å². The normalized spacial score (nSPS) is 11.0. The molecule has 0 amide bonds. The minimum absolute atomic E-state index is 0.142. The Kier molecular flexibility index (Phi) is 3.96. The van der Waals surface area contributed by atoms with Crippen molar-refractivity contribution in [1.29, 1.82) is 0 Å². The van der Waals surface area contributed by atoms with Gasteiger partial charge in [0, 0.05) is 12.4 Å². The summed E-state index contributed by atoms with van der Waals surface area (Å²) in [6, 6.07) is 13.0. The number of hydrogen-bond donors (Lipinski definition) is 0. The molecule has 0 unspecified atom stereocenters. The fraction of sp³-hybridized carbons (Fsp3) is 0.0526. The monoisotopic (exact) mass is 353 g/mol. The van der Waals surface area contributed by atoms with Gasteiger partial charge in [0.2, 0.25) is 0 Å². The largest absolute Gasteiger partial charge is 0.487 e. The lowest BCUT2D eigenvalue weighted by molar-refractivity contribution is 0.301. The Bertz CT molecular complexity index is 1120. The van der Waals surface area contributed by atoms with Crippen LogP contribution in [0.25, 0.3) is 11.3 Å². The van der Waals surface area contributed by atoms with Crippen LogP contribution in [0.1, 0.15) is 5.69 Å². The molecule has 0 fully saturated rings. The molecule has 0 spiro atoms. The summed E-state index contributed by atoms with van der Waals surface area (Å²) in [6.45, 7) is 0.142. The summed E-state index contributed by atoms with van der Waals surface area (Å²) in [5.74, 6) is -0.204. The van der Waals surface area contributed by atoms with Crippen LogP contribution in [0.15, 0.2) is 71.8 Å². The average Bonchev–Trinajstić information content (AvgIpc) is 3.07. The highest BCUT2D eigenvalue weighted by atomic mass is 19.1. The number of rotatable bonds is 4. The van der Waals surface area contributed by atoms with E-state index in [-0.39, 0.29) is 23.9 Å². The van der Waals surface area contributed by atoms with E-state index in [9.17, 15) is 13.6 Å². The fourth-order valence-electron chi connectivity index (χ4n) is 2.59. The number of ether oxygens (including phenoxy) is 1. The van der Waals surface area contributed by atoms with E-state index in [4.69, 9.17) is 4.74 Å². The summed E-state index contributed by atoms with van der Waals surface area (Å²) in [5.41, 5.74) is 1.26. The fourth-order valence-corrected chi connectivity index (χ4v) is 2.59. The molecule has 4 aromatic rings. The number of fused-ring (bicyclic) bond motifs is 1. The maximum Gasteiger partial charge on any atom is 0.338 e. The number of benzene rings is 2. The van der Waals surface area contributed by atoms with Crippen molar-refractivity contribution in [3.8, 4) is 11.4 Å². The van der Waals surface area contributed by atoms with E-state index in [0.29, 0.717) is 22.8 Å². The van der Waals surface area contributed by atoms with Gasteiger partial charge in [0.15, 0.2) is 0 Å². The first-order valence-corrected chi connectivity index (χ1v) is 7.84. The lowest BCUT2D eigenvalue weighted by Gasteiger charge is -2.05. The standard InChI is InChI=1S/C19H13F2N3O2/c20-13-1-5-16(6-2-13)23-10-9-18-22-15(11-24(18)19(23)25)12-26-17-7-3-14(21)4-8-17/h1-11H,12H2. The Morgan fingerprint density at radius 2 is 1.58 bits per heavy atom. The number of imidazole rings is 1. The highest BCUT2D eigenvalue weighted by Gasteiger charge is 2.09. The van der Waals surface area contributed by atoms with Gasteiger partial charge in [-0.3, -0.25) is 8.97 Å². The highest BCUT2D eigenvalue weighted by molar-refractivity contribution is 5.41. The van der Waals surface area contributed by atoms with Gasteiger partial charge in [0.1, 0.15) is 29.6 Å². The zero-order valence-electron chi connectivity index (χ0n) is 13.5. The highest BCUT2D eigenvalue weighted by Crippen LogP contribution is 2.14. The summed E-state index contributed by atoms with van der Waals surface area (Å²) in [6.07, 6.45) is 3.17. The molecular weight excluding hydrogens is 340 g/mol. The van der Waals surface area contributed by atoms with Crippen LogP contribution in [-0.2, 0) is 6.61 Å². The van der Waals surface area contributed by atoms with Crippen molar-refractivity contribution in [2.24, 2.45) is 0 Å². The second-order valence-corrected chi connectivity index (χ2v) is 5.65. The summed E-state index contributed by atoms with van der Waals surface area (Å²) in [4.78, 5) is 17.0. The zero-order chi connectivity index (χ0) is 18.1. The molecule has 2 aromatic heterocycles. The van der Waals surface area contributed by atoms with E-state index in [0.717, 1.165) is 0 Å². The van der Waals surface area contributed by atoms with E-state index < -0.39 is 0 Å². The molecular formula is C19H13F2N3O2. The van der Waals surface area contributed by atoms with Crippen LogP contribution in [-0.4, -0.2) is 14.0 Å².